The summed E-state index contributed by atoms with van der Waals surface area (Å²) in [7, 11) is 0. The highest BCUT2D eigenvalue weighted by Crippen LogP contribution is 2.31. The van der Waals surface area contributed by atoms with Gasteiger partial charge in [-0.1, -0.05) is 6.07 Å². The first kappa shape index (κ1) is 12.8. The lowest BCUT2D eigenvalue weighted by Gasteiger charge is -2.16. The van der Waals surface area contributed by atoms with E-state index in [1.165, 1.54) is 0 Å². The lowest BCUT2D eigenvalue weighted by Crippen LogP contribution is -2.36. The number of rotatable bonds is 4. The summed E-state index contributed by atoms with van der Waals surface area (Å²) in [5, 5.41) is 2.68. The Morgan fingerprint density at radius 3 is 2.88 bits per heavy atom. The molecule has 5 heteroatoms. The third-order valence-corrected chi connectivity index (χ3v) is 2.64. The molecule has 0 aromatic heterocycles. The van der Waals surface area contributed by atoms with Gasteiger partial charge in [-0.2, -0.15) is 0 Å². The molecule has 0 saturated carbocycles. The Morgan fingerprint density at radius 2 is 2.31 bits per heavy atom. The van der Waals surface area contributed by atoms with Gasteiger partial charge in [-0.3, -0.25) is 4.79 Å². The number of halogens is 1. The molecule has 0 bridgehead atoms. The van der Waals surface area contributed by atoms with Crippen LogP contribution in [0.25, 0.3) is 0 Å². The fourth-order valence-corrected chi connectivity index (χ4v) is 1.67. The van der Waals surface area contributed by atoms with E-state index in [-0.39, 0.29) is 5.91 Å². The number of para-hydroxylation sites is 1. The van der Waals surface area contributed by atoms with Crippen molar-refractivity contribution in [2.75, 3.05) is 12.3 Å². The number of nitrogens with one attached hydrogen (secondary N) is 1. The van der Waals surface area contributed by atoms with Gasteiger partial charge in [0.15, 0.2) is 11.9 Å². The topological polar surface area (TPSA) is 64.3 Å². The number of hydrogen-bond donors (Lipinski definition) is 2. The van der Waals surface area contributed by atoms with Gasteiger partial charge in [-0.05, 0) is 41.9 Å². The Hall–Kier alpha value is -1.23. The number of hydrogen-bond acceptors (Lipinski definition) is 3. The number of ether oxygens (including phenoxy) is 1. The summed E-state index contributed by atoms with van der Waals surface area (Å²) >= 11 is 3.33. The zero-order chi connectivity index (χ0) is 12.1. The van der Waals surface area contributed by atoms with E-state index in [4.69, 9.17) is 10.5 Å². The minimum absolute atomic E-state index is 0.155. The largest absolute Gasteiger partial charge is 0.478 e. The van der Waals surface area contributed by atoms with Gasteiger partial charge in [0.05, 0.1) is 10.2 Å². The van der Waals surface area contributed by atoms with Crippen molar-refractivity contribution in [2.45, 2.75) is 20.0 Å². The molecule has 0 aliphatic carbocycles. The van der Waals surface area contributed by atoms with E-state index in [2.05, 4.69) is 21.2 Å². The molecule has 0 aliphatic heterocycles. The van der Waals surface area contributed by atoms with Crippen molar-refractivity contribution in [3.8, 4) is 5.75 Å². The van der Waals surface area contributed by atoms with Crippen molar-refractivity contribution < 1.29 is 9.53 Å². The zero-order valence-corrected chi connectivity index (χ0v) is 10.9. The standard InChI is InChI=1S/C11H15BrN2O2/c1-3-14-11(15)7(2)16-10-8(12)5-4-6-9(10)13/h4-7H,3,13H2,1-2H3,(H,14,15). The SMILES string of the molecule is CCNC(=O)C(C)Oc1c(N)cccc1Br. The van der Waals surface area contributed by atoms with E-state index in [9.17, 15) is 4.79 Å². The first-order valence-electron chi connectivity index (χ1n) is 5.04. The minimum atomic E-state index is -0.569. The number of carbonyl (C=O) groups excluding carboxylic acids is 1. The predicted molar refractivity (Wildman–Crippen MR) is 67.3 cm³/mol. The molecule has 1 aromatic rings. The van der Waals surface area contributed by atoms with Gasteiger partial charge in [0.25, 0.3) is 5.91 Å². The molecule has 0 fully saturated rings. The third-order valence-electron chi connectivity index (χ3n) is 2.01. The molecule has 1 rings (SSSR count). The van der Waals surface area contributed by atoms with Crippen LogP contribution in [0.5, 0.6) is 5.75 Å². The monoisotopic (exact) mass is 286 g/mol. The van der Waals surface area contributed by atoms with E-state index in [0.717, 1.165) is 4.47 Å². The predicted octanol–water partition coefficient (Wildman–Crippen LogP) is 1.93. The third kappa shape index (κ3) is 3.13. The van der Waals surface area contributed by atoms with Gasteiger partial charge in [0.2, 0.25) is 0 Å². The summed E-state index contributed by atoms with van der Waals surface area (Å²) in [6.07, 6.45) is -0.569. The van der Waals surface area contributed by atoms with E-state index in [1.54, 1.807) is 13.0 Å². The van der Waals surface area contributed by atoms with Gasteiger partial charge in [0, 0.05) is 6.54 Å². The summed E-state index contributed by atoms with van der Waals surface area (Å²) in [6, 6.07) is 5.35. The Labute approximate surface area is 103 Å². The first-order valence-corrected chi connectivity index (χ1v) is 5.84. The van der Waals surface area contributed by atoms with Crippen LogP contribution in [-0.2, 0) is 4.79 Å². The van der Waals surface area contributed by atoms with E-state index in [1.807, 2.05) is 19.1 Å². The zero-order valence-electron chi connectivity index (χ0n) is 9.29. The van der Waals surface area contributed by atoms with E-state index in [0.29, 0.717) is 18.0 Å². The smallest absolute Gasteiger partial charge is 0.260 e. The lowest BCUT2D eigenvalue weighted by atomic mass is 10.3. The van der Waals surface area contributed by atoms with Crippen LogP contribution in [0.4, 0.5) is 5.69 Å². The quantitative estimate of drug-likeness (QED) is 0.832. The molecule has 1 aromatic carbocycles. The number of carbonyl (C=O) groups is 1. The molecule has 0 radical (unpaired) electrons. The average molecular weight is 287 g/mol. The van der Waals surface area contributed by atoms with Crippen LogP contribution < -0.4 is 15.8 Å². The Kier molecular flexibility index (Phi) is 4.61. The molecular weight excluding hydrogens is 272 g/mol. The molecule has 1 unspecified atom stereocenters. The van der Waals surface area contributed by atoms with Crippen LogP contribution in [0.15, 0.2) is 22.7 Å². The highest BCUT2D eigenvalue weighted by atomic mass is 79.9. The van der Waals surface area contributed by atoms with Crippen molar-refractivity contribution >= 4 is 27.5 Å². The summed E-state index contributed by atoms with van der Waals surface area (Å²) in [4.78, 5) is 11.5. The number of amides is 1. The molecule has 1 atom stereocenters. The van der Waals surface area contributed by atoms with Gasteiger partial charge in [-0.15, -0.1) is 0 Å². The van der Waals surface area contributed by atoms with Crippen LogP contribution in [0.2, 0.25) is 0 Å². The molecule has 0 aliphatic rings. The fourth-order valence-electron chi connectivity index (χ4n) is 1.20. The van der Waals surface area contributed by atoms with E-state index >= 15 is 0 Å². The van der Waals surface area contributed by atoms with Crippen molar-refractivity contribution in [3.63, 3.8) is 0 Å². The van der Waals surface area contributed by atoms with Crippen molar-refractivity contribution in [2.24, 2.45) is 0 Å². The summed E-state index contributed by atoms with van der Waals surface area (Å²) in [5.41, 5.74) is 6.26. The lowest BCUT2D eigenvalue weighted by molar-refractivity contribution is -0.127. The molecule has 3 N–H and O–H groups in total. The molecule has 4 nitrogen and oxygen atoms in total. The number of benzene rings is 1. The maximum atomic E-state index is 11.5. The van der Waals surface area contributed by atoms with Crippen LogP contribution in [-0.4, -0.2) is 18.6 Å². The Morgan fingerprint density at radius 1 is 1.62 bits per heavy atom. The Bertz CT molecular complexity index is 362. The second-order valence-electron chi connectivity index (χ2n) is 3.31. The maximum Gasteiger partial charge on any atom is 0.260 e. The van der Waals surface area contributed by atoms with E-state index < -0.39 is 6.10 Å². The van der Waals surface area contributed by atoms with Gasteiger partial charge >= 0.3 is 0 Å². The molecular formula is C11H15BrN2O2. The van der Waals surface area contributed by atoms with Crippen molar-refractivity contribution in [1.82, 2.24) is 5.32 Å². The van der Waals surface area contributed by atoms with Crippen LogP contribution in [0.3, 0.4) is 0 Å². The second kappa shape index (κ2) is 5.75. The second-order valence-corrected chi connectivity index (χ2v) is 4.17. The van der Waals surface area contributed by atoms with Crippen molar-refractivity contribution in [3.05, 3.63) is 22.7 Å². The number of nitrogen functional groups attached to an aromatic ring is 1. The average Bonchev–Trinajstić information content (AvgIpc) is 2.23. The molecule has 16 heavy (non-hydrogen) atoms. The molecule has 0 spiro atoms. The summed E-state index contributed by atoms with van der Waals surface area (Å²) in [5.74, 6) is 0.346. The van der Waals surface area contributed by atoms with Gasteiger partial charge < -0.3 is 15.8 Å². The van der Waals surface area contributed by atoms with Gasteiger partial charge in [0.1, 0.15) is 0 Å². The number of anilines is 1. The molecule has 1 amide bonds. The van der Waals surface area contributed by atoms with Crippen LogP contribution in [0, 0.1) is 0 Å². The van der Waals surface area contributed by atoms with Crippen LogP contribution in [0.1, 0.15) is 13.8 Å². The van der Waals surface area contributed by atoms with Crippen LogP contribution >= 0.6 is 15.9 Å². The summed E-state index contributed by atoms with van der Waals surface area (Å²) in [6.45, 7) is 4.12. The van der Waals surface area contributed by atoms with Crippen molar-refractivity contribution in [1.29, 1.82) is 0 Å². The number of likely N-dealkylation sites (N-methyl/N-ethyl adjacent to an activating group) is 1. The van der Waals surface area contributed by atoms with Gasteiger partial charge in [-0.25, -0.2) is 0 Å². The minimum Gasteiger partial charge on any atom is -0.478 e. The maximum absolute atomic E-state index is 11.5. The normalized spacial score (nSPS) is 11.9. The summed E-state index contributed by atoms with van der Waals surface area (Å²) < 4.78 is 6.25. The molecule has 0 saturated heterocycles. The Balaban J connectivity index is 2.76. The fraction of sp³-hybridized carbons (Fsp3) is 0.364. The first-order chi connectivity index (χ1) is 7.56. The molecule has 0 heterocycles. The number of nitrogens with two attached hydrogens (primary N) is 1. The highest BCUT2D eigenvalue weighted by Gasteiger charge is 2.16. The highest BCUT2D eigenvalue weighted by molar-refractivity contribution is 9.10. The molecule has 88 valence electrons.